The molecule has 60 valence electrons. The second kappa shape index (κ2) is 4.66. The van der Waals surface area contributed by atoms with Crippen molar-refractivity contribution < 1.29 is 34.3 Å². The van der Waals surface area contributed by atoms with Crippen molar-refractivity contribution in [1.29, 1.82) is 0 Å². The number of fused-ring (bicyclic) bond motifs is 1. The Morgan fingerprint density at radius 3 is 2.77 bits per heavy atom. The molecule has 2 aromatic rings. The van der Waals surface area contributed by atoms with Crippen LogP contribution in [0.5, 0.6) is 5.75 Å². The molecule has 1 nitrogen and oxygen atoms in total. The van der Waals surface area contributed by atoms with Crippen molar-refractivity contribution in [2.24, 2.45) is 0 Å². The van der Waals surface area contributed by atoms with E-state index in [1.54, 1.807) is 7.11 Å². The quantitative estimate of drug-likeness (QED) is 0.430. The average molecular weight is 180 g/mol. The summed E-state index contributed by atoms with van der Waals surface area (Å²) in [5.74, 6) is 0.891. The molecule has 0 heterocycles. The number of hydrogen-bond acceptors (Lipinski definition) is 1. The predicted octanol–water partition coefficient (Wildman–Crippen LogP) is -0.347. The maximum Gasteiger partial charge on any atom is 1.00 e. The van der Waals surface area contributed by atoms with E-state index in [0.29, 0.717) is 0 Å². The minimum Gasteiger partial charge on any atom is -0.498 e. The number of methoxy groups -OCH3 is 1. The molecule has 0 aliphatic heterocycles. The van der Waals surface area contributed by atoms with E-state index < -0.39 is 0 Å². The summed E-state index contributed by atoms with van der Waals surface area (Å²) < 4.78 is 5.11. The van der Waals surface area contributed by atoms with Crippen LogP contribution < -0.4 is 34.3 Å². The van der Waals surface area contributed by atoms with Crippen LogP contribution in [-0.2, 0) is 0 Å². The van der Waals surface area contributed by atoms with Gasteiger partial charge in [-0.2, -0.15) is 24.3 Å². The Morgan fingerprint density at radius 2 is 2.00 bits per heavy atom. The fraction of sp³-hybridized carbons (Fsp3) is 0.0909. The van der Waals surface area contributed by atoms with Crippen molar-refractivity contribution in [1.82, 2.24) is 0 Å². The van der Waals surface area contributed by atoms with Crippen molar-refractivity contribution in [3.8, 4) is 5.75 Å². The summed E-state index contributed by atoms with van der Waals surface area (Å²) >= 11 is 0. The molecule has 2 aromatic carbocycles. The summed E-state index contributed by atoms with van der Waals surface area (Å²) in [5, 5.41) is 2.38. The molecule has 0 fully saturated rings. The van der Waals surface area contributed by atoms with E-state index in [1.807, 2.05) is 36.4 Å². The van der Waals surface area contributed by atoms with Gasteiger partial charge < -0.3 is 4.74 Å². The Balaban J connectivity index is 0.000000845. The van der Waals surface area contributed by atoms with Gasteiger partial charge in [-0.3, -0.25) is 0 Å². The number of benzene rings is 2. The summed E-state index contributed by atoms with van der Waals surface area (Å²) in [6.45, 7) is 0. The van der Waals surface area contributed by atoms with Gasteiger partial charge in [0, 0.05) is 0 Å². The third kappa shape index (κ3) is 2.25. The van der Waals surface area contributed by atoms with Gasteiger partial charge in [-0.05, 0) is 6.07 Å². The maximum absolute atomic E-state index is 5.11. The van der Waals surface area contributed by atoms with Crippen molar-refractivity contribution in [2.75, 3.05) is 7.11 Å². The zero-order chi connectivity index (χ0) is 8.39. The van der Waals surface area contributed by atoms with Crippen LogP contribution in [0.4, 0.5) is 0 Å². The molecule has 0 aliphatic rings. The fourth-order valence-corrected chi connectivity index (χ4v) is 1.23. The van der Waals surface area contributed by atoms with E-state index in [1.165, 1.54) is 5.39 Å². The first-order chi connectivity index (χ1) is 5.90. The van der Waals surface area contributed by atoms with Gasteiger partial charge in [-0.15, -0.1) is 10.8 Å². The number of ether oxygens (including phenoxy) is 1. The first-order valence-corrected chi connectivity index (χ1v) is 3.84. The third-order valence-electron chi connectivity index (χ3n) is 1.89. The Morgan fingerprint density at radius 1 is 1.15 bits per heavy atom. The summed E-state index contributed by atoms with van der Waals surface area (Å²) in [5.41, 5.74) is 0. The second-order valence-corrected chi connectivity index (χ2v) is 2.64. The molecule has 0 atom stereocenters. The molecule has 2 rings (SSSR count). The van der Waals surface area contributed by atoms with Gasteiger partial charge in [0.25, 0.3) is 0 Å². The van der Waals surface area contributed by atoms with Crippen molar-refractivity contribution in [3.05, 3.63) is 42.5 Å². The van der Waals surface area contributed by atoms with E-state index in [0.717, 1.165) is 11.1 Å². The smallest absolute Gasteiger partial charge is 0.498 e. The van der Waals surface area contributed by atoms with Gasteiger partial charge >= 0.3 is 29.6 Å². The molecular formula is C11H9NaO. The van der Waals surface area contributed by atoms with Crippen LogP contribution in [-0.4, -0.2) is 7.11 Å². The van der Waals surface area contributed by atoms with Crippen molar-refractivity contribution in [3.63, 3.8) is 0 Å². The zero-order valence-corrected chi connectivity index (χ0v) is 9.87. The fourth-order valence-electron chi connectivity index (χ4n) is 1.23. The monoisotopic (exact) mass is 180 g/mol. The number of rotatable bonds is 1. The summed E-state index contributed by atoms with van der Waals surface area (Å²) in [6, 6.07) is 14.9. The maximum atomic E-state index is 5.11. The first-order valence-electron chi connectivity index (χ1n) is 3.84. The van der Waals surface area contributed by atoms with Crippen LogP contribution in [0.15, 0.2) is 36.4 Å². The van der Waals surface area contributed by atoms with Gasteiger partial charge in [0.1, 0.15) is 5.75 Å². The largest absolute Gasteiger partial charge is 1.00 e. The Bertz CT molecular complexity index is 398. The van der Waals surface area contributed by atoms with Gasteiger partial charge in [-0.25, -0.2) is 0 Å². The standard InChI is InChI=1S/C11H9O.Na/c1-12-11-7-6-9-4-2-3-5-10(9)8-11;/h2,4-8H,1H3;/q-1;+1. The molecule has 0 aromatic heterocycles. The van der Waals surface area contributed by atoms with Crippen LogP contribution in [0, 0.1) is 6.07 Å². The molecule has 0 aliphatic carbocycles. The van der Waals surface area contributed by atoms with E-state index >= 15 is 0 Å². The van der Waals surface area contributed by atoms with Gasteiger partial charge in [0.05, 0.1) is 7.11 Å². The van der Waals surface area contributed by atoms with Gasteiger partial charge in [-0.1, -0.05) is 12.1 Å². The molecule has 2 heteroatoms. The van der Waals surface area contributed by atoms with E-state index in [2.05, 4.69) is 6.07 Å². The van der Waals surface area contributed by atoms with Crippen LogP contribution in [0.25, 0.3) is 10.8 Å². The number of hydrogen-bond donors (Lipinski definition) is 0. The molecule has 0 spiro atoms. The third-order valence-corrected chi connectivity index (χ3v) is 1.89. The second-order valence-electron chi connectivity index (χ2n) is 2.64. The van der Waals surface area contributed by atoms with Crippen LogP contribution in [0.2, 0.25) is 0 Å². The predicted molar refractivity (Wildman–Crippen MR) is 49.3 cm³/mol. The summed E-state index contributed by atoms with van der Waals surface area (Å²) in [4.78, 5) is 0. The molecule has 0 N–H and O–H groups in total. The summed E-state index contributed by atoms with van der Waals surface area (Å²) in [6.07, 6.45) is 0. The van der Waals surface area contributed by atoms with Gasteiger partial charge in [0.15, 0.2) is 0 Å². The molecule has 0 bridgehead atoms. The Labute approximate surface area is 100 Å². The molecular weight excluding hydrogens is 171 g/mol. The van der Waals surface area contributed by atoms with Crippen molar-refractivity contribution >= 4 is 10.8 Å². The minimum absolute atomic E-state index is 0. The molecule has 0 saturated carbocycles. The molecule has 13 heavy (non-hydrogen) atoms. The topological polar surface area (TPSA) is 9.23 Å². The van der Waals surface area contributed by atoms with E-state index in [4.69, 9.17) is 4.74 Å². The Hall–Kier alpha value is -0.500. The molecule has 0 unspecified atom stereocenters. The zero-order valence-electron chi connectivity index (χ0n) is 7.87. The summed E-state index contributed by atoms with van der Waals surface area (Å²) in [7, 11) is 1.67. The van der Waals surface area contributed by atoms with Gasteiger partial charge in [0.2, 0.25) is 0 Å². The minimum atomic E-state index is 0. The SMILES string of the molecule is COc1ccc2cc[c-]cc2c1.[Na+]. The molecule has 0 saturated heterocycles. The van der Waals surface area contributed by atoms with Crippen molar-refractivity contribution in [2.45, 2.75) is 0 Å². The molecule has 0 radical (unpaired) electrons. The van der Waals surface area contributed by atoms with Crippen LogP contribution in [0.3, 0.4) is 0 Å². The Kier molecular flexibility index (Phi) is 3.79. The van der Waals surface area contributed by atoms with E-state index in [9.17, 15) is 0 Å². The first kappa shape index (κ1) is 10.6. The van der Waals surface area contributed by atoms with Crippen LogP contribution in [0.1, 0.15) is 0 Å². The van der Waals surface area contributed by atoms with E-state index in [-0.39, 0.29) is 29.6 Å². The molecule has 0 amide bonds. The normalized spacial score (nSPS) is 9.31. The average Bonchev–Trinajstić information content (AvgIpc) is 2.17. The van der Waals surface area contributed by atoms with Crippen LogP contribution >= 0.6 is 0 Å².